The maximum Gasteiger partial charge on any atom is 0.0826 e. The number of hydrogen-bond acceptors (Lipinski definition) is 3. The maximum atomic E-state index is 5.76. The molecule has 1 aliphatic carbocycles. The highest BCUT2D eigenvalue weighted by Crippen LogP contribution is 2.35. The summed E-state index contributed by atoms with van der Waals surface area (Å²) in [5.41, 5.74) is 0. The topological polar surface area (TPSA) is 24.5 Å². The third kappa shape index (κ3) is 3.72. The average Bonchev–Trinajstić information content (AvgIpc) is 3.13. The largest absolute Gasteiger partial charge is 0.374 e. The number of ether oxygens (including phenoxy) is 1. The van der Waals surface area contributed by atoms with Crippen molar-refractivity contribution in [2.75, 3.05) is 39.3 Å². The molecular weight excluding hydrogens is 200 g/mol. The first-order chi connectivity index (χ1) is 7.79. The molecule has 94 valence electrons. The molecule has 2 unspecified atom stereocenters. The van der Waals surface area contributed by atoms with Crippen molar-refractivity contribution in [1.29, 1.82) is 0 Å². The molecule has 1 N–H and O–H groups in total. The quantitative estimate of drug-likeness (QED) is 0.740. The Labute approximate surface area is 99.5 Å². The normalized spacial score (nSPS) is 29.2. The van der Waals surface area contributed by atoms with Crippen LogP contribution in [0.4, 0.5) is 0 Å². The van der Waals surface area contributed by atoms with Gasteiger partial charge >= 0.3 is 0 Å². The van der Waals surface area contributed by atoms with Gasteiger partial charge in [0.15, 0.2) is 0 Å². The molecule has 1 aliphatic heterocycles. The zero-order valence-corrected chi connectivity index (χ0v) is 10.7. The third-order valence-electron chi connectivity index (χ3n) is 3.94. The van der Waals surface area contributed by atoms with E-state index >= 15 is 0 Å². The molecule has 0 aromatic carbocycles. The summed E-state index contributed by atoms with van der Waals surface area (Å²) in [5, 5.41) is 3.57. The standard InChI is InChI=1S/C13H26N2O/c1-3-15-6-7-16-13(10-15)9-14-8-11(2)12-4-5-12/h11-14H,3-10H2,1-2H3. The molecule has 0 aromatic rings. The highest BCUT2D eigenvalue weighted by atomic mass is 16.5. The van der Waals surface area contributed by atoms with Gasteiger partial charge in [-0.1, -0.05) is 13.8 Å². The second-order valence-electron chi connectivity index (χ2n) is 5.36. The molecule has 2 fully saturated rings. The molecule has 2 atom stereocenters. The van der Waals surface area contributed by atoms with E-state index in [0.29, 0.717) is 6.10 Å². The van der Waals surface area contributed by atoms with Crippen molar-refractivity contribution < 1.29 is 4.74 Å². The van der Waals surface area contributed by atoms with Crippen LogP contribution in [0.3, 0.4) is 0 Å². The van der Waals surface area contributed by atoms with Crippen LogP contribution < -0.4 is 5.32 Å². The van der Waals surface area contributed by atoms with Crippen LogP contribution in [0.25, 0.3) is 0 Å². The molecule has 1 heterocycles. The van der Waals surface area contributed by atoms with Gasteiger partial charge in [0, 0.05) is 19.6 Å². The first-order valence-electron chi connectivity index (χ1n) is 6.84. The molecule has 2 aliphatic rings. The van der Waals surface area contributed by atoms with E-state index in [1.54, 1.807) is 0 Å². The minimum Gasteiger partial charge on any atom is -0.374 e. The first kappa shape index (κ1) is 12.3. The molecule has 0 aromatic heterocycles. The smallest absolute Gasteiger partial charge is 0.0826 e. The van der Waals surface area contributed by atoms with Gasteiger partial charge in [-0.3, -0.25) is 4.90 Å². The lowest BCUT2D eigenvalue weighted by Gasteiger charge is -2.32. The number of nitrogens with one attached hydrogen (secondary N) is 1. The fourth-order valence-corrected chi connectivity index (χ4v) is 2.50. The van der Waals surface area contributed by atoms with E-state index in [9.17, 15) is 0 Å². The SMILES string of the molecule is CCN1CCOC(CNCC(C)C2CC2)C1. The summed E-state index contributed by atoms with van der Waals surface area (Å²) in [6, 6.07) is 0. The molecule has 16 heavy (non-hydrogen) atoms. The van der Waals surface area contributed by atoms with Gasteiger partial charge in [-0.2, -0.15) is 0 Å². The minimum atomic E-state index is 0.403. The highest BCUT2D eigenvalue weighted by molar-refractivity contribution is 4.80. The lowest BCUT2D eigenvalue weighted by atomic mass is 10.1. The number of likely N-dealkylation sites (N-methyl/N-ethyl adjacent to an activating group) is 1. The summed E-state index contributed by atoms with van der Waals surface area (Å²) in [7, 11) is 0. The maximum absolute atomic E-state index is 5.76. The van der Waals surface area contributed by atoms with E-state index < -0.39 is 0 Å². The summed E-state index contributed by atoms with van der Waals surface area (Å²) in [6.07, 6.45) is 3.30. The van der Waals surface area contributed by atoms with Gasteiger partial charge < -0.3 is 10.1 Å². The number of morpholine rings is 1. The minimum absolute atomic E-state index is 0.403. The van der Waals surface area contributed by atoms with Crippen molar-refractivity contribution in [3.8, 4) is 0 Å². The zero-order valence-electron chi connectivity index (χ0n) is 10.7. The number of rotatable bonds is 6. The van der Waals surface area contributed by atoms with Gasteiger partial charge in [0.25, 0.3) is 0 Å². The Balaban J connectivity index is 1.57. The van der Waals surface area contributed by atoms with Crippen LogP contribution in [-0.4, -0.2) is 50.3 Å². The van der Waals surface area contributed by atoms with Gasteiger partial charge in [0.2, 0.25) is 0 Å². The van der Waals surface area contributed by atoms with Crippen LogP contribution in [0.2, 0.25) is 0 Å². The molecule has 1 saturated heterocycles. The van der Waals surface area contributed by atoms with E-state index in [-0.39, 0.29) is 0 Å². The number of hydrogen-bond donors (Lipinski definition) is 1. The van der Waals surface area contributed by atoms with Crippen molar-refractivity contribution in [2.24, 2.45) is 11.8 Å². The fraction of sp³-hybridized carbons (Fsp3) is 1.00. The summed E-state index contributed by atoms with van der Waals surface area (Å²) in [5.74, 6) is 1.86. The van der Waals surface area contributed by atoms with Crippen LogP contribution >= 0.6 is 0 Å². The lowest BCUT2D eigenvalue weighted by Crippen LogP contribution is -2.46. The summed E-state index contributed by atoms with van der Waals surface area (Å²) < 4.78 is 5.76. The monoisotopic (exact) mass is 226 g/mol. The summed E-state index contributed by atoms with van der Waals surface area (Å²) in [6.45, 7) is 11.0. The molecule has 0 radical (unpaired) electrons. The van der Waals surface area contributed by atoms with Crippen molar-refractivity contribution in [3.05, 3.63) is 0 Å². The van der Waals surface area contributed by atoms with Crippen molar-refractivity contribution in [3.63, 3.8) is 0 Å². The van der Waals surface area contributed by atoms with Crippen LogP contribution in [-0.2, 0) is 4.74 Å². The van der Waals surface area contributed by atoms with E-state index in [1.807, 2.05) is 0 Å². The Morgan fingerprint density at radius 1 is 1.44 bits per heavy atom. The molecule has 3 nitrogen and oxygen atoms in total. The molecule has 1 saturated carbocycles. The second-order valence-corrected chi connectivity index (χ2v) is 5.36. The van der Waals surface area contributed by atoms with Gasteiger partial charge in [0.1, 0.15) is 0 Å². The average molecular weight is 226 g/mol. The molecular formula is C13H26N2O. The Kier molecular flexibility index (Phi) is 4.62. The van der Waals surface area contributed by atoms with Gasteiger partial charge in [-0.15, -0.1) is 0 Å². The lowest BCUT2D eigenvalue weighted by molar-refractivity contribution is -0.0255. The van der Waals surface area contributed by atoms with E-state index in [1.165, 1.54) is 12.8 Å². The molecule has 3 heteroatoms. The number of nitrogens with zero attached hydrogens (tertiary/aromatic N) is 1. The Morgan fingerprint density at radius 3 is 2.94 bits per heavy atom. The first-order valence-corrected chi connectivity index (χ1v) is 6.84. The van der Waals surface area contributed by atoms with Crippen molar-refractivity contribution in [1.82, 2.24) is 10.2 Å². The van der Waals surface area contributed by atoms with Crippen molar-refractivity contribution >= 4 is 0 Å². The predicted octanol–water partition coefficient (Wildman–Crippen LogP) is 1.34. The zero-order chi connectivity index (χ0) is 11.4. The van der Waals surface area contributed by atoms with Gasteiger partial charge in [0.05, 0.1) is 12.7 Å². The Hall–Kier alpha value is -0.120. The molecule has 0 bridgehead atoms. The van der Waals surface area contributed by atoms with Gasteiger partial charge in [-0.25, -0.2) is 0 Å². The second kappa shape index (κ2) is 5.99. The van der Waals surface area contributed by atoms with Crippen molar-refractivity contribution in [2.45, 2.75) is 32.8 Å². The summed E-state index contributed by atoms with van der Waals surface area (Å²) >= 11 is 0. The highest BCUT2D eigenvalue weighted by Gasteiger charge is 2.27. The van der Waals surface area contributed by atoms with Crippen LogP contribution in [0.15, 0.2) is 0 Å². The summed E-state index contributed by atoms with van der Waals surface area (Å²) in [4.78, 5) is 2.47. The third-order valence-corrected chi connectivity index (χ3v) is 3.94. The Bertz CT molecular complexity index is 206. The van der Waals surface area contributed by atoms with Crippen LogP contribution in [0.5, 0.6) is 0 Å². The molecule has 0 spiro atoms. The Morgan fingerprint density at radius 2 is 2.25 bits per heavy atom. The molecule has 0 amide bonds. The van der Waals surface area contributed by atoms with E-state index in [2.05, 4.69) is 24.1 Å². The van der Waals surface area contributed by atoms with Gasteiger partial charge in [-0.05, 0) is 37.8 Å². The van der Waals surface area contributed by atoms with Crippen LogP contribution in [0.1, 0.15) is 26.7 Å². The van der Waals surface area contributed by atoms with E-state index in [4.69, 9.17) is 4.74 Å². The van der Waals surface area contributed by atoms with Crippen LogP contribution in [0, 0.1) is 11.8 Å². The fourth-order valence-electron chi connectivity index (χ4n) is 2.50. The van der Waals surface area contributed by atoms with E-state index in [0.717, 1.165) is 51.2 Å². The molecule has 2 rings (SSSR count). The predicted molar refractivity (Wildman–Crippen MR) is 66.6 cm³/mol.